The van der Waals surface area contributed by atoms with E-state index < -0.39 is 5.97 Å². The van der Waals surface area contributed by atoms with Gasteiger partial charge in [-0.2, -0.15) is 0 Å². The quantitative estimate of drug-likeness (QED) is 0.828. The van der Waals surface area contributed by atoms with Crippen molar-refractivity contribution in [2.75, 3.05) is 6.61 Å². The van der Waals surface area contributed by atoms with Crippen LogP contribution >= 0.6 is 0 Å². The molecule has 1 aliphatic rings. The van der Waals surface area contributed by atoms with Gasteiger partial charge < -0.3 is 10.2 Å². The summed E-state index contributed by atoms with van der Waals surface area (Å²) in [6.45, 7) is 4.06. The number of aliphatic hydroxyl groups excluding tert-OH is 1. The molecule has 3 nitrogen and oxygen atoms in total. The van der Waals surface area contributed by atoms with E-state index in [0.29, 0.717) is 5.92 Å². The van der Waals surface area contributed by atoms with E-state index in [0.717, 1.165) is 24.0 Å². The van der Waals surface area contributed by atoms with Crippen LogP contribution in [-0.4, -0.2) is 22.8 Å². The molecule has 0 amide bonds. The van der Waals surface area contributed by atoms with Crippen molar-refractivity contribution in [3.8, 4) is 0 Å². The van der Waals surface area contributed by atoms with Crippen LogP contribution in [-0.2, 0) is 10.2 Å². The first-order valence-electron chi connectivity index (χ1n) is 6.88. The maximum atomic E-state index is 11.1. The fourth-order valence-electron chi connectivity index (χ4n) is 2.74. The van der Waals surface area contributed by atoms with Crippen LogP contribution in [0.2, 0.25) is 0 Å². The molecule has 1 aromatic carbocycles. The number of hydrogen-bond acceptors (Lipinski definition) is 2. The van der Waals surface area contributed by atoms with Gasteiger partial charge in [0.15, 0.2) is 0 Å². The normalized spacial score (nSPS) is 17.2. The maximum Gasteiger partial charge on any atom is 0.303 e. The number of carbonyl (C=O) groups is 1. The van der Waals surface area contributed by atoms with Gasteiger partial charge in [-0.15, -0.1) is 0 Å². The van der Waals surface area contributed by atoms with Crippen LogP contribution in [0.5, 0.6) is 0 Å². The molecule has 1 fully saturated rings. The fraction of sp³-hybridized carbons (Fsp3) is 0.562. The summed E-state index contributed by atoms with van der Waals surface area (Å²) in [5.41, 5.74) is 1.85. The number of rotatable bonds is 6. The van der Waals surface area contributed by atoms with E-state index >= 15 is 0 Å². The van der Waals surface area contributed by atoms with Gasteiger partial charge >= 0.3 is 5.97 Å². The van der Waals surface area contributed by atoms with Crippen molar-refractivity contribution >= 4 is 5.97 Å². The molecule has 3 heteroatoms. The Kier molecular flexibility index (Phi) is 3.95. The Morgan fingerprint density at radius 2 is 2.00 bits per heavy atom. The monoisotopic (exact) mass is 262 g/mol. The summed E-state index contributed by atoms with van der Waals surface area (Å²) in [6.07, 6.45) is 2.42. The van der Waals surface area contributed by atoms with E-state index in [1.54, 1.807) is 0 Å². The van der Waals surface area contributed by atoms with E-state index in [-0.39, 0.29) is 24.4 Å². The highest BCUT2D eigenvalue weighted by Crippen LogP contribution is 2.46. The minimum Gasteiger partial charge on any atom is -0.481 e. The second-order valence-electron chi connectivity index (χ2n) is 6.17. The standard InChI is InChI=1S/C16H22O3/c1-16(2,10-17)14-6-4-3-5-12(14)13(9-15(18)19)11-7-8-11/h3-6,11,13,17H,7-10H2,1-2H3,(H,18,19). The number of hydrogen-bond donors (Lipinski definition) is 2. The third-order valence-electron chi connectivity index (χ3n) is 4.07. The maximum absolute atomic E-state index is 11.1. The largest absolute Gasteiger partial charge is 0.481 e. The molecule has 0 aliphatic heterocycles. The molecule has 2 rings (SSSR count). The molecule has 1 unspecified atom stereocenters. The number of carboxylic acids is 1. The fourth-order valence-corrected chi connectivity index (χ4v) is 2.74. The van der Waals surface area contributed by atoms with Crippen molar-refractivity contribution in [1.29, 1.82) is 0 Å². The second-order valence-corrected chi connectivity index (χ2v) is 6.17. The van der Waals surface area contributed by atoms with Crippen LogP contribution in [0.4, 0.5) is 0 Å². The third-order valence-corrected chi connectivity index (χ3v) is 4.07. The van der Waals surface area contributed by atoms with E-state index in [2.05, 4.69) is 0 Å². The van der Waals surface area contributed by atoms with Gasteiger partial charge in [0, 0.05) is 5.41 Å². The highest BCUT2D eigenvalue weighted by Gasteiger charge is 2.36. The van der Waals surface area contributed by atoms with Crippen molar-refractivity contribution in [2.24, 2.45) is 5.92 Å². The molecule has 104 valence electrons. The van der Waals surface area contributed by atoms with Gasteiger partial charge in [-0.3, -0.25) is 4.79 Å². The van der Waals surface area contributed by atoms with Gasteiger partial charge in [0.2, 0.25) is 0 Å². The Labute approximate surface area is 114 Å². The molecule has 0 aromatic heterocycles. The molecule has 0 spiro atoms. The first-order valence-corrected chi connectivity index (χ1v) is 6.88. The van der Waals surface area contributed by atoms with Crippen LogP contribution in [0.15, 0.2) is 24.3 Å². The predicted molar refractivity (Wildman–Crippen MR) is 74.3 cm³/mol. The summed E-state index contributed by atoms with van der Waals surface area (Å²) in [5, 5.41) is 18.7. The number of aliphatic hydroxyl groups is 1. The summed E-state index contributed by atoms with van der Waals surface area (Å²) in [5.74, 6) is -0.167. The lowest BCUT2D eigenvalue weighted by atomic mass is 9.77. The molecule has 2 N–H and O–H groups in total. The van der Waals surface area contributed by atoms with Gasteiger partial charge in [-0.05, 0) is 35.8 Å². The summed E-state index contributed by atoms with van der Waals surface area (Å²) < 4.78 is 0. The minimum atomic E-state index is -0.742. The summed E-state index contributed by atoms with van der Waals surface area (Å²) in [6, 6.07) is 7.96. The lowest BCUT2D eigenvalue weighted by molar-refractivity contribution is -0.137. The van der Waals surface area contributed by atoms with Crippen LogP contribution in [0, 0.1) is 5.92 Å². The summed E-state index contributed by atoms with van der Waals surface area (Å²) in [7, 11) is 0. The molecule has 1 aromatic rings. The highest BCUT2D eigenvalue weighted by atomic mass is 16.4. The van der Waals surface area contributed by atoms with Gasteiger partial charge in [0.05, 0.1) is 13.0 Å². The van der Waals surface area contributed by atoms with Crippen LogP contribution in [0.1, 0.15) is 50.2 Å². The van der Waals surface area contributed by atoms with Crippen molar-refractivity contribution in [1.82, 2.24) is 0 Å². The Hall–Kier alpha value is -1.35. The topological polar surface area (TPSA) is 57.5 Å². The lowest BCUT2D eigenvalue weighted by Crippen LogP contribution is -2.25. The molecule has 1 atom stereocenters. The molecule has 0 saturated heterocycles. The molecular weight excluding hydrogens is 240 g/mol. The smallest absolute Gasteiger partial charge is 0.303 e. The van der Waals surface area contributed by atoms with Crippen molar-refractivity contribution in [3.63, 3.8) is 0 Å². The van der Waals surface area contributed by atoms with Gasteiger partial charge in [0.1, 0.15) is 0 Å². The third kappa shape index (κ3) is 3.16. The lowest BCUT2D eigenvalue weighted by Gasteiger charge is -2.28. The molecule has 1 saturated carbocycles. The van der Waals surface area contributed by atoms with E-state index in [9.17, 15) is 9.90 Å². The minimum absolute atomic E-state index is 0.0640. The number of benzene rings is 1. The van der Waals surface area contributed by atoms with Gasteiger partial charge in [0.25, 0.3) is 0 Å². The predicted octanol–water partition coefficient (Wildman–Crippen LogP) is 2.92. The SMILES string of the molecule is CC(C)(CO)c1ccccc1C(CC(=O)O)C1CC1. The Balaban J connectivity index is 2.39. The first-order chi connectivity index (χ1) is 8.95. The van der Waals surface area contributed by atoms with E-state index in [4.69, 9.17) is 5.11 Å². The molecule has 0 heterocycles. The van der Waals surface area contributed by atoms with Crippen LogP contribution < -0.4 is 0 Å². The Morgan fingerprint density at radius 1 is 1.37 bits per heavy atom. The average molecular weight is 262 g/mol. The van der Waals surface area contributed by atoms with Gasteiger partial charge in [-0.25, -0.2) is 0 Å². The zero-order chi connectivity index (χ0) is 14.0. The van der Waals surface area contributed by atoms with Crippen LogP contribution in [0.25, 0.3) is 0 Å². The number of carboxylic acid groups (broad SMARTS) is 1. The van der Waals surface area contributed by atoms with E-state index in [1.165, 1.54) is 0 Å². The zero-order valence-corrected chi connectivity index (χ0v) is 11.6. The van der Waals surface area contributed by atoms with Crippen molar-refractivity contribution in [3.05, 3.63) is 35.4 Å². The van der Waals surface area contributed by atoms with Crippen LogP contribution in [0.3, 0.4) is 0 Å². The molecule has 0 bridgehead atoms. The average Bonchev–Trinajstić information content (AvgIpc) is 3.20. The summed E-state index contributed by atoms with van der Waals surface area (Å²) >= 11 is 0. The second kappa shape index (κ2) is 5.33. The molecule has 19 heavy (non-hydrogen) atoms. The zero-order valence-electron chi connectivity index (χ0n) is 11.6. The van der Waals surface area contributed by atoms with Gasteiger partial charge in [-0.1, -0.05) is 38.1 Å². The number of aliphatic carboxylic acids is 1. The van der Waals surface area contributed by atoms with Crippen molar-refractivity contribution in [2.45, 2.75) is 44.4 Å². The first kappa shape index (κ1) is 14.1. The van der Waals surface area contributed by atoms with E-state index in [1.807, 2.05) is 38.1 Å². The molecular formula is C16H22O3. The Bertz CT molecular complexity index is 461. The summed E-state index contributed by atoms with van der Waals surface area (Å²) in [4.78, 5) is 11.1. The molecule has 1 aliphatic carbocycles. The highest BCUT2D eigenvalue weighted by molar-refractivity contribution is 5.68. The van der Waals surface area contributed by atoms with Crippen molar-refractivity contribution < 1.29 is 15.0 Å². The Morgan fingerprint density at radius 3 is 2.53 bits per heavy atom. The molecule has 0 radical (unpaired) electrons.